The first-order valence-corrected chi connectivity index (χ1v) is 6.59. The van der Waals surface area contributed by atoms with Gasteiger partial charge in [-0.25, -0.2) is 13.8 Å². The van der Waals surface area contributed by atoms with E-state index in [2.05, 4.69) is 9.97 Å². The van der Waals surface area contributed by atoms with Crippen molar-refractivity contribution in [2.24, 2.45) is 0 Å². The number of hydrogen-bond donors (Lipinski definition) is 1. The number of carbonyl (C=O) groups is 1. The van der Waals surface area contributed by atoms with Crippen LogP contribution in [0.5, 0.6) is 0 Å². The van der Waals surface area contributed by atoms with Crippen LogP contribution in [0.3, 0.4) is 0 Å². The monoisotopic (exact) mass is 280 g/mol. The number of halogens is 2. The van der Waals surface area contributed by atoms with Gasteiger partial charge in [-0.2, -0.15) is 0 Å². The molecule has 1 saturated carbocycles. The van der Waals surface area contributed by atoms with Crippen LogP contribution in [-0.4, -0.2) is 22.5 Å². The Kier molecular flexibility index (Phi) is 2.96. The molecule has 0 atom stereocenters. The predicted octanol–water partition coefficient (Wildman–Crippen LogP) is 2.83. The van der Waals surface area contributed by atoms with E-state index in [0.29, 0.717) is 36.3 Å². The quantitative estimate of drug-likeness (QED) is 0.880. The molecule has 20 heavy (non-hydrogen) atoms. The van der Waals surface area contributed by atoms with E-state index in [9.17, 15) is 13.6 Å². The van der Waals surface area contributed by atoms with Crippen molar-refractivity contribution in [1.82, 2.24) is 9.97 Å². The number of esters is 1. The van der Waals surface area contributed by atoms with Gasteiger partial charge in [0.1, 0.15) is 11.2 Å². The first-order chi connectivity index (χ1) is 9.56. The molecule has 1 heterocycles. The van der Waals surface area contributed by atoms with Gasteiger partial charge in [-0.15, -0.1) is 0 Å². The van der Waals surface area contributed by atoms with Crippen LogP contribution in [0.1, 0.15) is 32.0 Å². The summed E-state index contributed by atoms with van der Waals surface area (Å²) in [4.78, 5) is 19.3. The Balaban J connectivity index is 2.06. The van der Waals surface area contributed by atoms with Gasteiger partial charge in [0.15, 0.2) is 11.6 Å². The summed E-state index contributed by atoms with van der Waals surface area (Å²) in [6, 6.07) is 2.08. The second-order valence-electron chi connectivity index (χ2n) is 5.03. The van der Waals surface area contributed by atoms with Crippen molar-refractivity contribution in [2.45, 2.75) is 31.6 Å². The largest absolute Gasteiger partial charge is 0.465 e. The van der Waals surface area contributed by atoms with E-state index in [1.165, 1.54) is 0 Å². The molecule has 1 fully saturated rings. The van der Waals surface area contributed by atoms with E-state index in [1.807, 2.05) is 0 Å². The van der Waals surface area contributed by atoms with Gasteiger partial charge in [-0.05, 0) is 19.8 Å². The lowest BCUT2D eigenvalue weighted by atomic mass is 9.68. The third-order valence-electron chi connectivity index (χ3n) is 3.85. The Morgan fingerprint density at radius 3 is 2.70 bits per heavy atom. The minimum absolute atomic E-state index is 0.296. The molecule has 0 unspecified atom stereocenters. The van der Waals surface area contributed by atoms with Crippen molar-refractivity contribution in [1.29, 1.82) is 0 Å². The third-order valence-corrected chi connectivity index (χ3v) is 3.85. The number of benzene rings is 1. The van der Waals surface area contributed by atoms with Gasteiger partial charge >= 0.3 is 5.97 Å². The second-order valence-corrected chi connectivity index (χ2v) is 5.03. The molecule has 0 bridgehead atoms. The van der Waals surface area contributed by atoms with E-state index in [-0.39, 0.29) is 5.97 Å². The number of nitrogens with zero attached hydrogens (tertiary/aromatic N) is 1. The number of ether oxygens (including phenoxy) is 1. The number of nitrogens with one attached hydrogen (secondary N) is 1. The Labute approximate surface area is 114 Å². The van der Waals surface area contributed by atoms with Gasteiger partial charge in [0.25, 0.3) is 0 Å². The number of imidazole rings is 1. The lowest BCUT2D eigenvalue weighted by Gasteiger charge is -2.37. The number of H-pyrrole nitrogens is 1. The van der Waals surface area contributed by atoms with Gasteiger partial charge in [0.05, 0.1) is 17.6 Å². The Bertz CT molecular complexity index is 638. The predicted molar refractivity (Wildman–Crippen MR) is 68.2 cm³/mol. The van der Waals surface area contributed by atoms with Gasteiger partial charge in [0, 0.05) is 12.1 Å². The molecule has 0 saturated heterocycles. The van der Waals surface area contributed by atoms with E-state index in [0.717, 1.165) is 18.6 Å². The highest BCUT2D eigenvalue weighted by molar-refractivity contribution is 5.85. The fourth-order valence-electron chi connectivity index (χ4n) is 2.57. The van der Waals surface area contributed by atoms with Crippen molar-refractivity contribution in [3.05, 3.63) is 29.6 Å². The first-order valence-electron chi connectivity index (χ1n) is 6.59. The van der Waals surface area contributed by atoms with Crippen molar-refractivity contribution < 1.29 is 18.3 Å². The lowest BCUT2D eigenvalue weighted by molar-refractivity contribution is -0.154. The maximum absolute atomic E-state index is 13.2. The highest BCUT2D eigenvalue weighted by Gasteiger charge is 2.49. The fraction of sp³-hybridized carbons (Fsp3) is 0.429. The van der Waals surface area contributed by atoms with Crippen LogP contribution in [0.2, 0.25) is 0 Å². The Morgan fingerprint density at radius 1 is 1.40 bits per heavy atom. The van der Waals surface area contributed by atoms with Gasteiger partial charge in [-0.3, -0.25) is 4.79 Å². The number of rotatable bonds is 3. The molecule has 6 heteroatoms. The summed E-state index contributed by atoms with van der Waals surface area (Å²) in [5.41, 5.74) is -0.0916. The zero-order valence-electron chi connectivity index (χ0n) is 11.0. The molecule has 0 aliphatic heterocycles. The number of aromatic amines is 1. The minimum Gasteiger partial charge on any atom is -0.465 e. The second kappa shape index (κ2) is 4.54. The molecular formula is C14H14F2N2O2. The van der Waals surface area contributed by atoms with Crippen LogP contribution < -0.4 is 0 Å². The molecule has 4 nitrogen and oxygen atoms in total. The number of carbonyl (C=O) groups excluding carboxylic acids is 1. The fourth-order valence-corrected chi connectivity index (χ4v) is 2.57. The molecule has 1 N–H and O–H groups in total. The highest BCUT2D eigenvalue weighted by atomic mass is 19.2. The molecule has 0 radical (unpaired) electrons. The molecule has 0 spiro atoms. The molecule has 1 aromatic carbocycles. The third kappa shape index (κ3) is 1.78. The van der Waals surface area contributed by atoms with Crippen molar-refractivity contribution in [2.75, 3.05) is 6.61 Å². The first kappa shape index (κ1) is 13.0. The summed E-state index contributed by atoms with van der Waals surface area (Å²) in [5, 5.41) is 0. The van der Waals surface area contributed by atoms with Crippen LogP contribution in [0.15, 0.2) is 12.1 Å². The van der Waals surface area contributed by atoms with Crippen LogP contribution in [0, 0.1) is 11.6 Å². The van der Waals surface area contributed by atoms with E-state index < -0.39 is 17.0 Å². The maximum Gasteiger partial charge on any atom is 0.319 e. The van der Waals surface area contributed by atoms with E-state index in [1.54, 1.807) is 6.92 Å². The summed E-state index contributed by atoms with van der Waals surface area (Å²) in [5.74, 6) is -1.78. The molecule has 3 rings (SSSR count). The molecule has 1 aromatic heterocycles. The molecular weight excluding hydrogens is 266 g/mol. The van der Waals surface area contributed by atoms with Gasteiger partial charge < -0.3 is 9.72 Å². The Morgan fingerprint density at radius 2 is 2.10 bits per heavy atom. The summed E-state index contributed by atoms with van der Waals surface area (Å²) in [6.07, 6.45) is 2.17. The van der Waals surface area contributed by atoms with Crippen LogP contribution in [0.25, 0.3) is 11.0 Å². The summed E-state index contributed by atoms with van der Waals surface area (Å²) < 4.78 is 31.5. The number of aromatic nitrogens is 2. The van der Waals surface area contributed by atoms with Gasteiger partial charge in [-0.1, -0.05) is 6.42 Å². The smallest absolute Gasteiger partial charge is 0.319 e. The normalized spacial score (nSPS) is 16.9. The van der Waals surface area contributed by atoms with Crippen molar-refractivity contribution in [3.8, 4) is 0 Å². The molecule has 0 amide bonds. The van der Waals surface area contributed by atoms with Crippen molar-refractivity contribution in [3.63, 3.8) is 0 Å². The Hall–Kier alpha value is -1.98. The molecule has 1 aliphatic rings. The summed E-state index contributed by atoms with van der Waals surface area (Å²) in [6.45, 7) is 2.04. The summed E-state index contributed by atoms with van der Waals surface area (Å²) >= 11 is 0. The molecule has 106 valence electrons. The molecule has 1 aliphatic carbocycles. The highest BCUT2D eigenvalue weighted by Crippen LogP contribution is 2.44. The number of hydrogen-bond acceptors (Lipinski definition) is 3. The van der Waals surface area contributed by atoms with Crippen LogP contribution in [0.4, 0.5) is 8.78 Å². The average molecular weight is 280 g/mol. The summed E-state index contributed by atoms with van der Waals surface area (Å²) in [7, 11) is 0. The standard InChI is InChI=1S/C14H14F2N2O2/c1-2-20-13(19)14(4-3-5-14)12-17-10-6-8(15)9(16)7-11(10)18-12/h6-7H,2-5H2,1H3,(H,17,18). The van der Waals surface area contributed by atoms with Gasteiger partial charge in [0.2, 0.25) is 0 Å². The lowest BCUT2D eigenvalue weighted by Crippen LogP contribution is -2.44. The van der Waals surface area contributed by atoms with Crippen LogP contribution >= 0.6 is 0 Å². The van der Waals surface area contributed by atoms with E-state index >= 15 is 0 Å². The topological polar surface area (TPSA) is 55.0 Å². The maximum atomic E-state index is 13.2. The number of fused-ring (bicyclic) bond motifs is 1. The van der Waals surface area contributed by atoms with Crippen molar-refractivity contribution >= 4 is 17.0 Å². The zero-order valence-corrected chi connectivity index (χ0v) is 11.0. The SMILES string of the molecule is CCOC(=O)C1(c2nc3cc(F)c(F)cc3[nH]2)CCC1. The molecule has 2 aromatic rings. The zero-order chi connectivity index (χ0) is 14.3. The average Bonchev–Trinajstić information content (AvgIpc) is 2.71. The van der Waals surface area contributed by atoms with Crippen LogP contribution in [-0.2, 0) is 14.9 Å². The minimum atomic E-state index is -0.950. The van der Waals surface area contributed by atoms with E-state index in [4.69, 9.17) is 4.74 Å².